The maximum absolute atomic E-state index is 5.46. The van der Waals surface area contributed by atoms with Crippen molar-refractivity contribution in [2.75, 3.05) is 40.4 Å². The second kappa shape index (κ2) is 7.14. The van der Waals surface area contributed by atoms with E-state index in [4.69, 9.17) is 4.74 Å². The van der Waals surface area contributed by atoms with Crippen LogP contribution in [0.25, 0.3) is 0 Å². The Kier molecular flexibility index (Phi) is 4.98. The van der Waals surface area contributed by atoms with Crippen molar-refractivity contribution < 1.29 is 4.74 Å². The molecule has 0 aromatic heterocycles. The Labute approximate surface area is 133 Å². The minimum atomic E-state index is 0.608. The van der Waals surface area contributed by atoms with E-state index < -0.39 is 0 Å². The van der Waals surface area contributed by atoms with E-state index in [0.717, 1.165) is 38.7 Å². The first-order valence-corrected chi connectivity index (χ1v) is 8.35. The third-order valence-corrected chi connectivity index (χ3v) is 4.89. The minimum Gasteiger partial charge on any atom is -0.381 e. The highest BCUT2D eigenvalue weighted by molar-refractivity contribution is 5.79. The molecule has 1 N–H and O–H groups in total. The van der Waals surface area contributed by atoms with E-state index in [1.807, 2.05) is 7.05 Å². The number of rotatable bonds is 4. The van der Waals surface area contributed by atoms with Gasteiger partial charge in [-0.05, 0) is 30.4 Å². The molecule has 1 fully saturated rings. The fourth-order valence-corrected chi connectivity index (χ4v) is 3.66. The van der Waals surface area contributed by atoms with Crippen molar-refractivity contribution in [2.24, 2.45) is 10.9 Å². The van der Waals surface area contributed by atoms with Crippen molar-refractivity contribution in [3.63, 3.8) is 0 Å². The summed E-state index contributed by atoms with van der Waals surface area (Å²) in [4.78, 5) is 6.67. The average Bonchev–Trinajstić information content (AvgIpc) is 3.18. The highest BCUT2D eigenvalue weighted by atomic mass is 16.5. The summed E-state index contributed by atoms with van der Waals surface area (Å²) < 4.78 is 5.46. The first-order chi connectivity index (χ1) is 10.8. The molecular weight excluding hydrogens is 274 g/mol. The lowest BCUT2D eigenvalue weighted by Crippen LogP contribution is -2.42. The summed E-state index contributed by atoms with van der Waals surface area (Å²) in [5.74, 6) is 2.24. The van der Waals surface area contributed by atoms with E-state index in [1.54, 1.807) is 0 Å². The third-order valence-electron chi connectivity index (χ3n) is 4.89. The molecular formula is C18H27N3O. The number of fused-ring (bicyclic) bond motifs is 1. The number of nitrogens with one attached hydrogen (secondary N) is 1. The van der Waals surface area contributed by atoms with E-state index in [1.165, 1.54) is 24.0 Å². The van der Waals surface area contributed by atoms with Crippen LogP contribution in [0.3, 0.4) is 0 Å². The van der Waals surface area contributed by atoms with Gasteiger partial charge in [-0.15, -0.1) is 0 Å². The van der Waals surface area contributed by atoms with Crippen LogP contribution in [0.4, 0.5) is 0 Å². The summed E-state index contributed by atoms with van der Waals surface area (Å²) in [6, 6.07) is 8.83. The van der Waals surface area contributed by atoms with Crippen LogP contribution >= 0.6 is 0 Å². The summed E-state index contributed by atoms with van der Waals surface area (Å²) in [6.45, 7) is 3.77. The molecule has 0 spiro atoms. The van der Waals surface area contributed by atoms with E-state index >= 15 is 0 Å². The quantitative estimate of drug-likeness (QED) is 0.684. The number of aryl methyl sites for hydroxylation is 1. The maximum atomic E-state index is 5.46. The van der Waals surface area contributed by atoms with E-state index in [9.17, 15) is 0 Å². The second-order valence-electron chi connectivity index (χ2n) is 6.47. The van der Waals surface area contributed by atoms with Gasteiger partial charge in [0.15, 0.2) is 5.96 Å². The van der Waals surface area contributed by atoms with Crippen LogP contribution in [0.2, 0.25) is 0 Å². The van der Waals surface area contributed by atoms with Crippen molar-refractivity contribution in [2.45, 2.75) is 25.2 Å². The normalized spacial score (nSPS) is 24.4. The molecule has 2 aliphatic rings. The summed E-state index contributed by atoms with van der Waals surface area (Å²) >= 11 is 0. The number of guanidine groups is 1. The highest BCUT2D eigenvalue weighted by Gasteiger charge is 2.23. The third kappa shape index (κ3) is 3.43. The Hall–Kier alpha value is -1.55. The van der Waals surface area contributed by atoms with Gasteiger partial charge in [0, 0.05) is 45.6 Å². The standard InChI is InChI=1S/C18H27N3O/c1-19-18(21(2)12-14-9-10-22-13-14)20-11-16-8-7-15-5-3-4-6-17(15)16/h3-6,14,16H,7-13H2,1-2H3,(H,19,20). The molecule has 0 amide bonds. The zero-order valence-corrected chi connectivity index (χ0v) is 13.7. The van der Waals surface area contributed by atoms with Gasteiger partial charge in [0.25, 0.3) is 0 Å². The lowest BCUT2D eigenvalue weighted by atomic mass is 10.0. The Morgan fingerprint density at radius 1 is 1.36 bits per heavy atom. The molecule has 1 saturated heterocycles. The largest absolute Gasteiger partial charge is 0.381 e. The Morgan fingerprint density at radius 2 is 2.23 bits per heavy atom. The Morgan fingerprint density at radius 3 is 3.00 bits per heavy atom. The first-order valence-electron chi connectivity index (χ1n) is 8.35. The number of aliphatic imine (C=N–C) groups is 1. The lowest BCUT2D eigenvalue weighted by molar-refractivity contribution is 0.181. The van der Waals surface area contributed by atoms with Crippen molar-refractivity contribution in [1.29, 1.82) is 0 Å². The minimum absolute atomic E-state index is 0.608. The molecule has 22 heavy (non-hydrogen) atoms. The van der Waals surface area contributed by atoms with Crippen LogP contribution in [0.1, 0.15) is 29.9 Å². The van der Waals surface area contributed by atoms with Gasteiger partial charge in [-0.2, -0.15) is 0 Å². The fraction of sp³-hybridized carbons (Fsp3) is 0.611. The number of ether oxygens (including phenoxy) is 1. The molecule has 1 aliphatic heterocycles. The molecule has 1 aromatic rings. The van der Waals surface area contributed by atoms with E-state index in [2.05, 4.69) is 46.5 Å². The van der Waals surface area contributed by atoms with Crippen LogP contribution in [0.15, 0.2) is 29.3 Å². The maximum Gasteiger partial charge on any atom is 0.193 e. The Balaban J connectivity index is 1.53. The van der Waals surface area contributed by atoms with Gasteiger partial charge in [0.2, 0.25) is 0 Å². The number of hydrogen-bond donors (Lipinski definition) is 1. The molecule has 2 atom stereocenters. The highest BCUT2D eigenvalue weighted by Crippen LogP contribution is 2.32. The first kappa shape index (κ1) is 15.3. The zero-order chi connectivity index (χ0) is 15.4. The SMILES string of the molecule is CN=C(NCC1CCc2ccccc21)N(C)CC1CCOC1. The molecule has 0 radical (unpaired) electrons. The van der Waals surface area contributed by atoms with E-state index in [0.29, 0.717) is 11.8 Å². The lowest BCUT2D eigenvalue weighted by Gasteiger charge is -2.25. The monoisotopic (exact) mass is 301 g/mol. The molecule has 1 heterocycles. The van der Waals surface area contributed by atoms with Gasteiger partial charge < -0.3 is 15.0 Å². The average molecular weight is 301 g/mol. The van der Waals surface area contributed by atoms with Crippen LogP contribution in [-0.2, 0) is 11.2 Å². The molecule has 1 aliphatic carbocycles. The summed E-state index contributed by atoms with van der Waals surface area (Å²) in [5.41, 5.74) is 3.03. The van der Waals surface area contributed by atoms with Gasteiger partial charge in [-0.3, -0.25) is 4.99 Å². The van der Waals surface area contributed by atoms with Gasteiger partial charge >= 0.3 is 0 Å². The summed E-state index contributed by atoms with van der Waals surface area (Å²) in [6.07, 6.45) is 3.61. The molecule has 0 bridgehead atoms. The van der Waals surface area contributed by atoms with Gasteiger partial charge in [-0.25, -0.2) is 0 Å². The Bertz CT molecular complexity index is 523. The molecule has 3 rings (SSSR count). The van der Waals surface area contributed by atoms with Crippen molar-refractivity contribution in [3.8, 4) is 0 Å². The van der Waals surface area contributed by atoms with Crippen LogP contribution in [-0.4, -0.2) is 51.3 Å². The van der Waals surface area contributed by atoms with Crippen molar-refractivity contribution in [1.82, 2.24) is 10.2 Å². The summed E-state index contributed by atoms with van der Waals surface area (Å²) in [7, 11) is 3.99. The second-order valence-corrected chi connectivity index (χ2v) is 6.47. The molecule has 120 valence electrons. The predicted molar refractivity (Wildman–Crippen MR) is 90.4 cm³/mol. The zero-order valence-electron chi connectivity index (χ0n) is 13.7. The molecule has 2 unspecified atom stereocenters. The van der Waals surface area contributed by atoms with Gasteiger partial charge in [0.1, 0.15) is 0 Å². The molecule has 4 heteroatoms. The van der Waals surface area contributed by atoms with Crippen LogP contribution in [0, 0.1) is 5.92 Å². The topological polar surface area (TPSA) is 36.9 Å². The number of nitrogens with zero attached hydrogens (tertiary/aromatic N) is 2. The summed E-state index contributed by atoms with van der Waals surface area (Å²) in [5, 5.41) is 3.56. The fourth-order valence-electron chi connectivity index (χ4n) is 3.66. The molecule has 4 nitrogen and oxygen atoms in total. The predicted octanol–water partition coefficient (Wildman–Crippen LogP) is 2.26. The number of hydrogen-bond acceptors (Lipinski definition) is 2. The van der Waals surface area contributed by atoms with Gasteiger partial charge in [0.05, 0.1) is 6.61 Å². The van der Waals surface area contributed by atoms with Crippen molar-refractivity contribution >= 4 is 5.96 Å². The van der Waals surface area contributed by atoms with Crippen molar-refractivity contribution in [3.05, 3.63) is 35.4 Å². The number of benzene rings is 1. The van der Waals surface area contributed by atoms with Crippen LogP contribution < -0.4 is 5.32 Å². The molecule has 1 aromatic carbocycles. The smallest absolute Gasteiger partial charge is 0.193 e. The van der Waals surface area contributed by atoms with Crippen LogP contribution in [0.5, 0.6) is 0 Å². The molecule has 0 saturated carbocycles. The van der Waals surface area contributed by atoms with Gasteiger partial charge in [-0.1, -0.05) is 24.3 Å². The van der Waals surface area contributed by atoms with E-state index in [-0.39, 0.29) is 0 Å².